The van der Waals surface area contributed by atoms with Crippen molar-refractivity contribution in [3.63, 3.8) is 0 Å². The minimum Gasteiger partial charge on any atom is -0.353 e. The van der Waals surface area contributed by atoms with Crippen molar-refractivity contribution in [3.05, 3.63) is 58.9 Å². The predicted octanol–water partition coefficient (Wildman–Crippen LogP) is 3.85. The molecule has 1 aliphatic rings. The van der Waals surface area contributed by atoms with Gasteiger partial charge in [0.15, 0.2) is 0 Å². The second kappa shape index (κ2) is 10.8. The second-order valence-electron chi connectivity index (χ2n) is 7.66. The number of benzene rings is 2. The van der Waals surface area contributed by atoms with E-state index in [0.29, 0.717) is 0 Å². The average Bonchev–Trinajstić information content (AvgIpc) is 2.76. The van der Waals surface area contributed by atoms with Gasteiger partial charge in [0.25, 0.3) is 15.9 Å². The van der Waals surface area contributed by atoms with E-state index in [1.165, 1.54) is 30.7 Å². The first-order chi connectivity index (χ1) is 15.2. The van der Waals surface area contributed by atoms with Gasteiger partial charge in [-0.3, -0.25) is 14.3 Å². The van der Waals surface area contributed by atoms with Gasteiger partial charge in [-0.2, -0.15) is 0 Å². The molecule has 0 saturated heterocycles. The number of nitrogens with one attached hydrogen (secondary N) is 3. The highest BCUT2D eigenvalue weighted by molar-refractivity contribution is 7.92. The topological polar surface area (TPSA) is 104 Å². The van der Waals surface area contributed by atoms with Gasteiger partial charge in [-0.05, 0) is 55.3 Å². The number of amides is 2. The van der Waals surface area contributed by atoms with Crippen LogP contribution in [0.2, 0.25) is 5.02 Å². The van der Waals surface area contributed by atoms with Crippen LogP contribution in [0.25, 0.3) is 0 Å². The number of sulfonamides is 1. The zero-order chi connectivity index (χ0) is 23.1. The van der Waals surface area contributed by atoms with E-state index in [2.05, 4.69) is 15.4 Å². The first kappa shape index (κ1) is 24.0. The van der Waals surface area contributed by atoms with Gasteiger partial charge in [0, 0.05) is 24.7 Å². The van der Waals surface area contributed by atoms with Gasteiger partial charge >= 0.3 is 0 Å². The van der Waals surface area contributed by atoms with Crippen LogP contribution in [0.1, 0.15) is 48.9 Å². The summed E-state index contributed by atoms with van der Waals surface area (Å²) in [5.74, 6) is -1.21. The van der Waals surface area contributed by atoms with Crippen LogP contribution in [-0.2, 0) is 14.8 Å². The molecule has 0 radical (unpaired) electrons. The summed E-state index contributed by atoms with van der Waals surface area (Å²) >= 11 is 6.09. The van der Waals surface area contributed by atoms with E-state index in [-0.39, 0.29) is 46.1 Å². The lowest BCUT2D eigenvalue weighted by Crippen LogP contribution is -2.38. The van der Waals surface area contributed by atoms with Gasteiger partial charge in [0.1, 0.15) is 5.82 Å². The number of rotatable bonds is 8. The fourth-order valence-corrected chi connectivity index (χ4v) is 4.80. The summed E-state index contributed by atoms with van der Waals surface area (Å²) < 4.78 is 40.6. The van der Waals surface area contributed by atoms with E-state index < -0.39 is 21.7 Å². The Morgan fingerprint density at radius 1 is 1.03 bits per heavy atom. The third kappa shape index (κ3) is 6.67. The van der Waals surface area contributed by atoms with E-state index in [1.807, 2.05) is 0 Å². The lowest BCUT2D eigenvalue weighted by Gasteiger charge is -2.22. The monoisotopic (exact) mass is 481 g/mol. The summed E-state index contributed by atoms with van der Waals surface area (Å²) in [5.41, 5.74) is 0.151. The van der Waals surface area contributed by atoms with E-state index >= 15 is 0 Å². The smallest absolute Gasteiger partial charge is 0.261 e. The zero-order valence-corrected chi connectivity index (χ0v) is 18.9. The predicted molar refractivity (Wildman–Crippen MR) is 121 cm³/mol. The van der Waals surface area contributed by atoms with Gasteiger partial charge in [-0.25, -0.2) is 12.8 Å². The van der Waals surface area contributed by atoms with Gasteiger partial charge in [0.2, 0.25) is 5.91 Å². The Bertz CT molecular complexity index is 1070. The third-order valence-electron chi connectivity index (χ3n) is 5.20. The number of carbonyl (C=O) groups excluding carboxylic acids is 2. The minimum absolute atomic E-state index is 0.0265. The van der Waals surface area contributed by atoms with Crippen LogP contribution >= 0.6 is 11.6 Å². The SMILES string of the molecule is O=C(CCNC(=O)c1cc(S(=O)(=O)Nc2ccc(F)cc2)ccc1Cl)NC1CCCCC1. The molecule has 1 saturated carbocycles. The molecule has 3 rings (SSSR count). The van der Waals surface area contributed by atoms with Gasteiger partial charge in [-0.15, -0.1) is 0 Å². The summed E-state index contributed by atoms with van der Waals surface area (Å²) in [6.07, 6.45) is 5.47. The number of anilines is 1. The molecule has 172 valence electrons. The van der Waals surface area contributed by atoms with Crippen molar-refractivity contribution in [1.29, 1.82) is 0 Å². The lowest BCUT2D eigenvalue weighted by atomic mass is 9.95. The summed E-state index contributed by atoms with van der Waals surface area (Å²) in [7, 11) is -4.02. The van der Waals surface area contributed by atoms with Crippen LogP contribution in [-0.4, -0.2) is 32.8 Å². The van der Waals surface area contributed by atoms with Crippen molar-refractivity contribution in [1.82, 2.24) is 10.6 Å². The van der Waals surface area contributed by atoms with Gasteiger partial charge in [0.05, 0.1) is 15.5 Å². The standard InChI is InChI=1S/C22H25ClFN3O4S/c23-20-11-10-18(32(30,31)27-17-8-6-15(24)7-9-17)14-19(20)22(29)25-13-12-21(28)26-16-4-2-1-3-5-16/h6-11,14,16,27H,1-5,12-13H2,(H,25,29)(H,26,28). The molecule has 7 nitrogen and oxygen atoms in total. The van der Waals surface area contributed by atoms with E-state index in [9.17, 15) is 22.4 Å². The van der Waals surface area contributed by atoms with Crippen LogP contribution in [0.3, 0.4) is 0 Å². The summed E-state index contributed by atoms with van der Waals surface area (Å²) in [4.78, 5) is 24.4. The van der Waals surface area contributed by atoms with Crippen molar-refractivity contribution < 1.29 is 22.4 Å². The highest BCUT2D eigenvalue weighted by atomic mass is 35.5. The maximum absolute atomic E-state index is 13.0. The largest absolute Gasteiger partial charge is 0.353 e. The zero-order valence-electron chi connectivity index (χ0n) is 17.4. The fraction of sp³-hybridized carbons (Fsp3) is 0.364. The quantitative estimate of drug-likeness (QED) is 0.532. The van der Waals surface area contributed by atoms with Crippen molar-refractivity contribution in [2.45, 2.75) is 49.5 Å². The highest BCUT2D eigenvalue weighted by Crippen LogP contribution is 2.23. The molecule has 0 spiro atoms. The van der Waals surface area contributed by atoms with Crippen LogP contribution in [0.15, 0.2) is 47.4 Å². The number of hydrogen-bond acceptors (Lipinski definition) is 4. The Morgan fingerprint density at radius 3 is 2.41 bits per heavy atom. The molecule has 32 heavy (non-hydrogen) atoms. The minimum atomic E-state index is -4.02. The second-order valence-corrected chi connectivity index (χ2v) is 9.75. The summed E-state index contributed by atoms with van der Waals surface area (Å²) in [5, 5.41) is 5.65. The van der Waals surface area contributed by atoms with E-state index in [1.54, 1.807) is 0 Å². The molecule has 0 aliphatic heterocycles. The third-order valence-corrected chi connectivity index (χ3v) is 6.91. The summed E-state index contributed by atoms with van der Waals surface area (Å²) in [6.45, 7) is 0.0958. The van der Waals surface area contributed by atoms with Crippen LogP contribution in [0.5, 0.6) is 0 Å². The Kier molecular flexibility index (Phi) is 8.09. The molecule has 0 heterocycles. The van der Waals surface area contributed by atoms with E-state index in [4.69, 9.17) is 11.6 Å². The highest BCUT2D eigenvalue weighted by Gasteiger charge is 2.20. The molecule has 0 bridgehead atoms. The average molecular weight is 482 g/mol. The molecule has 0 atom stereocenters. The van der Waals surface area contributed by atoms with Crippen molar-refractivity contribution in [2.75, 3.05) is 11.3 Å². The van der Waals surface area contributed by atoms with Crippen LogP contribution in [0.4, 0.5) is 10.1 Å². The molecule has 10 heteroatoms. The molecule has 3 N–H and O–H groups in total. The van der Waals surface area contributed by atoms with Gasteiger partial charge in [-0.1, -0.05) is 30.9 Å². The Hall–Kier alpha value is -2.65. The first-order valence-corrected chi connectivity index (χ1v) is 12.3. The molecule has 2 amide bonds. The molecule has 2 aromatic rings. The van der Waals surface area contributed by atoms with Crippen molar-refractivity contribution in [2.24, 2.45) is 0 Å². The van der Waals surface area contributed by atoms with E-state index in [0.717, 1.165) is 43.9 Å². The Balaban J connectivity index is 1.59. The number of halogens is 2. The van der Waals surface area contributed by atoms with Crippen molar-refractivity contribution >= 4 is 39.1 Å². The van der Waals surface area contributed by atoms with Crippen molar-refractivity contribution in [3.8, 4) is 0 Å². The molecule has 1 aliphatic carbocycles. The maximum Gasteiger partial charge on any atom is 0.261 e. The Morgan fingerprint density at radius 2 is 1.72 bits per heavy atom. The van der Waals surface area contributed by atoms with Crippen LogP contribution in [0, 0.1) is 5.82 Å². The molecule has 0 aromatic heterocycles. The fourth-order valence-electron chi connectivity index (χ4n) is 3.51. The molecular formula is C22H25ClFN3O4S. The first-order valence-electron chi connectivity index (χ1n) is 10.4. The van der Waals surface area contributed by atoms with Gasteiger partial charge < -0.3 is 10.6 Å². The molecule has 2 aromatic carbocycles. The number of hydrogen-bond donors (Lipinski definition) is 3. The lowest BCUT2D eigenvalue weighted by molar-refractivity contribution is -0.121. The Labute approximate surface area is 191 Å². The molecule has 1 fully saturated rings. The van der Waals surface area contributed by atoms with Crippen LogP contribution < -0.4 is 15.4 Å². The number of carbonyl (C=O) groups is 2. The molecule has 0 unspecified atom stereocenters. The molecular weight excluding hydrogens is 457 g/mol. The summed E-state index contributed by atoms with van der Waals surface area (Å²) in [6, 6.07) is 8.76. The normalized spacial score (nSPS) is 14.6. The maximum atomic E-state index is 13.0.